The zero-order valence-corrected chi connectivity index (χ0v) is 17.9. The predicted molar refractivity (Wildman–Crippen MR) is 122 cm³/mol. The Kier molecular flexibility index (Phi) is 6.05. The number of halogens is 2. The molecule has 0 fully saturated rings. The summed E-state index contributed by atoms with van der Waals surface area (Å²) >= 11 is 13.8. The van der Waals surface area contributed by atoms with Gasteiger partial charge in [0.2, 0.25) is 0 Å². The van der Waals surface area contributed by atoms with Gasteiger partial charge in [-0.15, -0.1) is 11.3 Å². The minimum atomic E-state index is 0.327. The molecule has 0 aliphatic carbocycles. The highest BCUT2D eigenvalue weighted by molar-refractivity contribution is 7.19. The van der Waals surface area contributed by atoms with Crippen molar-refractivity contribution in [1.82, 2.24) is 4.98 Å². The summed E-state index contributed by atoms with van der Waals surface area (Å²) < 4.78 is 12.6. The molecule has 0 aliphatic heterocycles. The first-order valence-electron chi connectivity index (χ1n) is 8.91. The third-order valence-corrected chi connectivity index (χ3v) is 5.90. The fourth-order valence-electron chi connectivity index (χ4n) is 2.83. The number of ether oxygens (including phenoxy) is 2. The molecule has 29 heavy (non-hydrogen) atoms. The molecule has 6 heteroatoms. The number of nitrogens with zero attached hydrogens (tertiary/aromatic N) is 1. The van der Waals surface area contributed by atoms with Crippen LogP contribution in [0.4, 0.5) is 0 Å². The summed E-state index contributed by atoms with van der Waals surface area (Å²) in [5.74, 6) is 1.30. The molecule has 0 N–H and O–H groups in total. The molecule has 0 radical (unpaired) electrons. The van der Waals surface area contributed by atoms with Gasteiger partial charge in [0, 0.05) is 15.6 Å². The van der Waals surface area contributed by atoms with E-state index in [1.165, 1.54) is 4.70 Å². The van der Waals surface area contributed by atoms with Crippen LogP contribution in [0.2, 0.25) is 10.0 Å². The van der Waals surface area contributed by atoms with Gasteiger partial charge in [0.05, 0.1) is 17.3 Å². The molecule has 3 aromatic carbocycles. The number of thiazole rings is 1. The summed E-state index contributed by atoms with van der Waals surface area (Å²) in [4.78, 5) is 4.62. The van der Waals surface area contributed by atoms with Crippen molar-refractivity contribution in [2.75, 3.05) is 7.11 Å². The summed E-state index contributed by atoms with van der Waals surface area (Å²) in [5, 5.41) is 2.13. The van der Waals surface area contributed by atoms with Crippen LogP contribution in [-0.2, 0) is 6.61 Å². The number of hydrogen-bond acceptors (Lipinski definition) is 4. The minimum absolute atomic E-state index is 0.327. The van der Waals surface area contributed by atoms with E-state index in [-0.39, 0.29) is 0 Å². The number of rotatable bonds is 6. The molecule has 0 aliphatic rings. The molecule has 4 aromatic rings. The van der Waals surface area contributed by atoms with Crippen molar-refractivity contribution in [2.45, 2.75) is 6.61 Å². The van der Waals surface area contributed by atoms with E-state index in [9.17, 15) is 0 Å². The van der Waals surface area contributed by atoms with Crippen molar-refractivity contribution in [3.05, 3.63) is 86.8 Å². The van der Waals surface area contributed by atoms with E-state index in [4.69, 9.17) is 32.7 Å². The summed E-state index contributed by atoms with van der Waals surface area (Å²) in [6, 6.07) is 19.3. The molecule has 0 saturated carbocycles. The maximum absolute atomic E-state index is 6.21. The lowest BCUT2D eigenvalue weighted by atomic mass is 10.2. The van der Waals surface area contributed by atoms with E-state index >= 15 is 0 Å². The first-order chi connectivity index (χ1) is 14.1. The SMILES string of the molecule is COc1cc(C=Cc2nc3ccccc3s2)ccc1OCc1ccc(Cl)cc1Cl. The van der Waals surface area contributed by atoms with Gasteiger partial charge >= 0.3 is 0 Å². The molecule has 3 nitrogen and oxygen atoms in total. The van der Waals surface area contributed by atoms with E-state index in [2.05, 4.69) is 11.1 Å². The number of para-hydroxylation sites is 1. The quantitative estimate of drug-likeness (QED) is 0.313. The van der Waals surface area contributed by atoms with Crippen LogP contribution in [0.1, 0.15) is 16.1 Å². The van der Waals surface area contributed by atoms with Crippen LogP contribution < -0.4 is 9.47 Å². The van der Waals surface area contributed by atoms with Crippen molar-refractivity contribution in [3.8, 4) is 11.5 Å². The Hall–Kier alpha value is -2.53. The molecule has 0 spiro atoms. The smallest absolute Gasteiger partial charge is 0.161 e. The minimum Gasteiger partial charge on any atom is -0.493 e. The van der Waals surface area contributed by atoms with Crippen molar-refractivity contribution < 1.29 is 9.47 Å². The summed E-state index contributed by atoms with van der Waals surface area (Å²) in [6.45, 7) is 0.327. The van der Waals surface area contributed by atoms with Gasteiger partial charge in [-0.05, 0) is 48.0 Å². The van der Waals surface area contributed by atoms with Gasteiger partial charge < -0.3 is 9.47 Å². The first kappa shape index (κ1) is 19.8. The Balaban J connectivity index is 1.49. The summed E-state index contributed by atoms with van der Waals surface area (Å²) in [5.41, 5.74) is 2.87. The van der Waals surface area contributed by atoms with E-state index in [1.54, 1.807) is 30.6 Å². The van der Waals surface area contributed by atoms with Gasteiger partial charge in [0.25, 0.3) is 0 Å². The Morgan fingerprint density at radius 2 is 1.83 bits per heavy atom. The molecule has 1 aromatic heterocycles. The number of methoxy groups -OCH3 is 1. The van der Waals surface area contributed by atoms with Gasteiger partial charge in [-0.1, -0.05) is 53.5 Å². The van der Waals surface area contributed by atoms with Crippen LogP contribution in [0.15, 0.2) is 60.7 Å². The van der Waals surface area contributed by atoms with E-state index in [0.717, 1.165) is 21.7 Å². The highest BCUT2D eigenvalue weighted by atomic mass is 35.5. The Bertz CT molecular complexity index is 1150. The Morgan fingerprint density at radius 1 is 0.966 bits per heavy atom. The van der Waals surface area contributed by atoms with Crippen LogP contribution in [0.25, 0.3) is 22.4 Å². The second kappa shape index (κ2) is 8.87. The van der Waals surface area contributed by atoms with Gasteiger partial charge in [-0.3, -0.25) is 0 Å². The Labute approximate surface area is 183 Å². The molecule has 4 rings (SSSR count). The van der Waals surface area contributed by atoms with Gasteiger partial charge in [-0.2, -0.15) is 0 Å². The first-order valence-corrected chi connectivity index (χ1v) is 10.5. The van der Waals surface area contributed by atoms with Crippen molar-refractivity contribution in [3.63, 3.8) is 0 Å². The van der Waals surface area contributed by atoms with Crippen molar-refractivity contribution >= 4 is 56.9 Å². The highest BCUT2D eigenvalue weighted by Gasteiger charge is 2.08. The summed E-state index contributed by atoms with van der Waals surface area (Å²) in [7, 11) is 1.62. The third-order valence-electron chi connectivity index (χ3n) is 4.31. The monoisotopic (exact) mass is 441 g/mol. The highest BCUT2D eigenvalue weighted by Crippen LogP contribution is 2.31. The van der Waals surface area contributed by atoms with E-state index in [0.29, 0.717) is 28.2 Å². The van der Waals surface area contributed by atoms with Crippen LogP contribution in [-0.4, -0.2) is 12.1 Å². The van der Waals surface area contributed by atoms with Gasteiger partial charge in [0.15, 0.2) is 11.5 Å². The standard InChI is InChI=1S/C23H17Cl2NO2S/c1-27-21-12-15(7-11-23-26-19-4-2-3-5-22(19)29-23)6-10-20(21)28-14-16-8-9-17(24)13-18(16)25/h2-13H,14H2,1H3. The largest absolute Gasteiger partial charge is 0.493 e. The number of hydrogen-bond donors (Lipinski definition) is 0. The molecule has 0 saturated heterocycles. The normalized spacial score (nSPS) is 11.3. The topological polar surface area (TPSA) is 31.4 Å². The molecular weight excluding hydrogens is 425 g/mol. The molecular formula is C23H17Cl2NO2S. The van der Waals surface area contributed by atoms with Gasteiger partial charge in [-0.25, -0.2) is 4.98 Å². The van der Waals surface area contributed by atoms with Crippen molar-refractivity contribution in [2.24, 2.45) is 0 Å². The lowest BCUT2D eigenvalue weighted by Gasteiger charge is -2.12. The maximum Gasteiger partial charge on any atom is 0.161 e. The average Bonchev–Trinajstić information content (AvgIpc) is 3.15. The molecule has 1 heterocycles. The molecule has 0 bridgehead atoms. The van der Waals surface area contributed by atoms with Crippen LogP contribution in [0.3, 0.4) is 0 Å². The second-order valence-electron chi connectivity index (χ2n) is 6.29. The number of aromatic nitrogens is 1. The number of fused-ring (bicyclic) bond motifs is 1. The Morgan fingerprint density at radius 3 is 2.62 bits per heavy atom. The van der Waals surface area contributed by atoms with Gasteiger partial charge in [0.1, 0.15) is 11.6 Å². The second-order valence-corrected chi connectivity index (χ2v) is 8.19. The zero-order chi connectivity index (χ0) is 20.2. The van der Waals surface area contributed by atoms with E-state index < -0.39 is 0 Å². The van der Waals surface area contributed by atoms with Crippen molar-refractivity contribution in [1.29, 1.82) is 0 Å². The van der Waals surface area contributed by atoms with Crippen LogP contribution in [0.5, 0.6) is 11.5 Å². The number of benzene rings is 3. The predicted octanol–water partition coefficient (Wildman–Crippen LogP) is 7.36. The summed E-state index contributed by atoms with van der Waals surface area (Å²) in [6.07, 6.45) is 4.02. The van der Waals surface area contributed by atoms with Crippen LogP contribution >= 0.6 is 34.5 Å². The molecule has 0 atom stereocenters. The zero-order valence-electron chi connectivity index (χ0n) is 15.6. The molecule has 0 unspecified atom stereocenters. The molecule has 146 valence electrons. The fraction of sp³-hybridized carbons (Fsp3) is 0.0870. The van der Waals surface area contributed by atoms with Crippen LogP contribution in [0, 0.1) is 0 Å². The average molecular weight is 442 g/mol. The third kappa shape index (κ3) is 4.73. The lowest BCUT2D eigenvalue weighted by Crippen LogP contribution is -1.98. The molecule has 0 amide bonds. The lowest BCUT2D eigenvalue weighted by molar-refractivity contribution is 0.284. The maximum atomic E-state index is 6.21. The fourth-order valence-corrected chi connectivity index (χ4v) is 4.16. The van der Waals surface area contributed by atoms with E-state index in [1.807, 2.05) is 54.6 Å².